The van der Waals surface area contributed by atoms with Crippen LogP contribution in [0.5, 0.6) is 11.5 Å². The fourth-order valence-electron chi connectivity index (χ4n) is 4.61. The highest BCUT2D eigenvalue weighted by Crippen LogP contribution is 2.49. The summed E-state index contributed by atoms with van der Waals surface area (Å²) in [5.41, 5.74) is 5.49. The molecule has 1 aliphatic carbocycles. The second-order valence-corrected chi connectivity index (χ2v) is 8.37. The molecule has 0 fully saturated rings. The number of aromatic hydroxyl groups is 1. The number of methoxy groups -OCH3 is 1. The molecule has 0 spiro atoms. The average Bonchev–Trinajstić information content (AvgIpc) is 3.30. The van der Waals surface area contributed by atoms with Gasteiger partial charge in [-0.2, -0.15) is 0 Å². The molecule has 1 aliphatic heterocycles. The van der Waals surface area contributed by atoms with Crippen LogP contribution in [-0.2, 0) is 0 Å². The van der Waals surface area contributed by atoms with Crippen molar-refractivity contribution in [3.8, 4) is 11.5 Å². The van der Waals surface area contributed by atoms with Crippen LogP contribution >= 0.6 is 11.6 Å². The van der Waals surface area contributed by atoms with Gasteiger partial charge in [-0.15, -0.1) is 0 Å². The third-order valence-corrected chi connectivity index (χ3v) is 6.45. The molecule has 1 heterocycles. The highest BCUT2D eigenvalue weighted by atomic mass is 35.5. The van der Waals surface area contributed by atoms with Gasteiger partial charge in [-0.3, -0.25) is 4.99 Å². The lowest BCUT2D eigenvalue weighted by molar-refractivity contribution is 0.373. The lowest BCUT2D eigenvalue weighted by atomic mass is 9.77. The van der Waals surface area contributed by atoms with Crippen LogP contribution in [0, 0.1) is 5.92 Å². The van der Waals surface area contributed by atoms with E-state index in [1.165, 1.54) is 23.9 Å². The third kappa shape index (κ3) is 3.68. The van der Waals surface area contributed by atoms with E-state index in [1.807, 2.05) is 12.1 Å². The van der Waals surface area contributed by atoms with Crippen LogP contribution in [0.1, 0.15) is 35.1 Å². The van der Waals surface area contributed by atoms with Crippen molar-refractivity contribution >= 4 is 29.2 Å². The smallest absolute Gasteiger partial charge is 0.176 e. The Morgan fingerprint density at radius 2 is 1.94 bits per heavy atom. The van der Waals surface area contributed by atoms with E-state index in [0.717, 1.165) is 17.7 Å². The van der Waals surface area contributed by atoms with Crippen molar-refractivity contribution in [2.75, 3.05) is 12.4 Å². The summed E-state index contributed by atoms with van der Waals surface area (Å²) < 4.78 is 5.15. The van der Waals surface area contributed by atoms with Crippen molar-refractivity contribution in [2.45, 2.75) is 18.4 Å². The van der Waals surface area contributed by atoms with E-state index in [1.54, 1.807) is 18.3 Å². The molecule has 0 saturated heterocycles. The zero-order chi connectivity index (χ0) is 21.4. The number of ether oxygens (including phenoxy) is 1. The summed E-state index contributed by atoms with van der Waals surface area (Å²) in [6.45, 7) is 0. The number of anilines is 1. The molecule has 31 heavy (non-hydrogen) atoms. The molecule has 3 aromatic carbocycles. The van der Waals surface area contributed by atoms with Gasteiger partial charge in [0.2, 0.25) is 0 Å². The SMILES string of the molecule is COc1cc(C=Nc2ccc([C@@H]3Nc4ccccc4[C@H]4C=CC[C@H]43)cc2)cc(Cl)c1O. The number of para-hydroxylation sites is 1. The number of fused-ring (bicyclic) bond motifs is 3. The van der Waals surface area contributed by atoms with Gasteiger partial charge in [0, 0.05) is 17.8 Å². The number of hydrogen-bond donors (Lipinski definition) is 2. The minimum Gasteiger partial charge on any atom is -0.503 e. The number of phenols is 1. The number of nitrogens with zero attached hydrogens (tertiary/aromatic N) is 1. The van der Waals surface area contributed by atoms with E-state index in [4.69, 9.17) is 16.3 Å². The first-order chi connectivity index (χ1) is 15.1. The maximum atomic E-state index is 9.88. The maximum Gasteiger partial charge on any atom is 0.176 e. The number of hydrogen-bond acceptors (Lipinski definition) is 4. The summed E-state index contributed by atoms with van der Waals surface area (Å²) in [4.78, 5) is 4.56. The summed E-state index contributed by atoms with van der Waals surface area (Å²) in [5.74, 6) is 1.25. The molecule has 0 amide bonds. The zero-order valence-electron chi connectivity index (χ0n) is 17.1. The summed E-state index contributed by atoms with van der Waals surface area (Å²) in [7, 11) is 1.49. The first-order valence-corrected chi connectivity index (χ1v) is 10.7. The third-order valence-electron chi connectivity index (χ3n) is 6.16. The van der Waals surface area contributed by atoms with Crippen molar-refractivity contribution in [2.24, 2.45) is 10.9 Å². The van der Waals surface area contributed by atoms with Crippen LogP contribution in [0.3, 0.4) is 0 Å². The van der Waals surface area contributed by atoms with Gasteiger partial charge in [0.05, 0.1) is 23.9 Å². The molecule has 0 bridgehead atoms. The maximum absolute atomic E-state index is 9.88. The number of nitrogens with one attached hydrogen (secondary N) is 1. The fourth-order valence-corrected chi connectivity index (χ4v) is 4.83. The highest BCUT2D eigenvalue weighted by Gasteiger charge is 2.37. The predicted molar refractivity (Wildman–Crippen MR) is 126 cm³/mol. The largest absolute Gasteiger partial charge is 0.503 e. The molecular weight excluding hydrogens is 408 g/mol. The Morgan fingerprint density at radius 3 is 2.74 bits per heavy atom. The van der Waals surface area contributed by atoms with Gasteiger partial charge in [0.15, 0.2) is 11.5 Å². The summed E-state index contributed by atoms with van der Waals surface area (Å²) in [5, 5.41) is 13.9. The lowest BCUT2D eigenvalue weighted by Gasteiger charge is -2.37. The molecule has 3 aromatic rings. The van der Waals surface area contributed by atoms with Gasteiger partial charge in [0.1, 0.15) is 0 Å². The Bertz CT molecular complexity index is 1170. The monoisotopic (exact) mass is 430 g/mol. The Balaban J connectivity index is 1.37. The molecule has 4 nitrogen and oxygen atoms in total. The Labute approximate surface area is 186 Å². The van der Waals surface area contributed by atoms with Crippen LogP contribution in [0.4, 0.5) is 11.4 Å². The zero-order valence-corrected chi connectivity index (χ0v) is 17.9. The number of rotatable bonds is 4. The highest BCUT2D eigenvalue weighted by molar-refractivity contribution is 6.32. The number of phenolic OH excluding ortho intramolecular Hbond substituents is 1. The first-order valence-electron chi connectivity index (χ1n) is 10.4. The van der Waals surface area contributed by atoms with Gasteiger partial charge in [-0.1, -0.05) is 54.1 Å². The van der Waals surface area contributed by atoms with Crippen LogP contribution in [0.25, 0.3) is 0 Å². The minimum absolute atomic E-state index is 0.0630. The summed E-state index contributed by atoms with van der Waals surface area (Å²) in [6.07, 6.45) is 7.46. The predicted octanol–water partition coefficient (Wildman–Crippen LogP) is 6.63. The van der Waals surface area contributed by atoms with E-state index in [2.05, 4.69) is 58.9 Å². The van der Waals surface area contributed by atoms with E-state index in [-0.39, 0.29) is 16.8 Å². The molecule has 3 atom stereocenters. The summed E-state index contributed by atoms with van der Waals surface area (Å²) >= 11 is 6.06. The van der Waals surface area contributed by atoms with Crippen LogP contribution in [0.2, 0.25) is 5.02 Å². The van der Waals surface area contributed by atoms with E-state index in [0.29, 0.717) is 17.6 Å². The van der Waals surface area contributed by atoms with Crippen molar-refractivity contribution in [1.82, 2.24) is 0 Å². The van der Waals surface area contributed by atoms with Crippen LogP contribution in [-0.4, -0.2) is 18.4 Å². The standard InChI is InChI=1S/C26H23ClN2O2/c1-31-24-14-16(13-22(27)26(24)30)15-28-18-11-9-17(10-12-18)25-21-7-4-6-19(21)20-5-2-3-8-23(20)29-25/h2-6,8-15,19,21,25,29-30H,7H2,1H3/t19-,21-,25+/m1/s1. The van der Waals surface area contributed by atoms with Gasteiger partial charge >= 0.3 is 0 Å². The Morgan fingerprint density at radius 1 is 1.13 bits per heavy atom. The molecule has 2 N–H and O–H groups in total. The number of aliphatic imine (C=N–C) groups is 1. The normalized spacial score (nSPS) is 21.5. The first kappa shape index (κ1) is 19.7. The van der Waals surface area contributed by atoms with Crippen molar-refractivity contribution < 1.29 is 9.84 Å². The van der Waals surface area contributed by atoms with E-state index < -0.39 is 0 Å². The molecule has 5 rings (SSSR count). The van der Waals surface area contributed by atoms with E-state index in [9.17, 15) is 5.11 Å². The number of benzene rings is 3. The van der Waals surface area contributed by atoms with Crippen LogP contribution < -0.4 is 10.1 Å². The van der Waals surface area contributed by atoms with Crippen molar-refractivity contribution in [3.05, 3.63) is 94.5 Å². The number of halogens is 1. The molecule has 0 aromatic heterocycles. The summed E-state index contributed by atoms with van der Waals surface area (Å²) in [6, 6.07) is 20.6. The molecule has 156 valence electrons. The van der Waals surface area contributed by atoms with Crippen LogP contribution in [0.15, 0.2) is 77.8 Å². The topological polar surface area (TPSA) is 53.8 Å². The second kappa shape index (κ2) is 8.12. The molecule has 0 saturated carbocycles. The van der Waals surface area contributed by atoms with Crippen molar-refractivity contribution in [3.63, 3.8) is 0 Å². The van der Waals surface area contributed by atoms with Crippen molar-refractivity contribution in [1.29, 1.82) is 0 Å². The molecule has 0 unspecified atom stereocenters. The molecular formula is C26H23ClN2O2. The quantitative estimate of drug-likeness (QED) is 0.360. The van der Waals surface area contributed by atoms with Gasteiger partial charge < -0.3 is 15.2 Å². The molecule has 0 radical (unpaired) electrons. The average molecular weight is 431 g/mol. The van der Waals surface area contributed by atoms with Gasteiger partial charge in [0.25, 0.3) is 0 Å². The Kier molecular flexibility index (Phi) is 5.16. The molecule has 5 heteroatoms. The fraction of sp³-hybridized carbons (Fsp3) is 0.192. The molecule has 2 aliphatic rings. The lowest BCUT2D eigenvalue weighted by Crippen LogP contribution is -2.28. The van der Waals surface area contributed by atoms with E-state index >= 15 is 0 Å². The van der Waals surface area contributed by atoms with Gasteiger partial charge in [-0.05, 0) is 59.4 Å². The minimum atomic E-state index is -0.0630. The van der Waals surface area contributed by atoms with Gasteiger partial charge in [-0.25, -0.2) is 0 Å². The second-order valence-electron chi connectivity index (χ2n) is 7.97. The Hall–Kier alpha value is -3.24. The number of allylic oxidation sites excluding steroid dienone is 2.